The topological polar surface area (TPSA) is 106 Å². The maximum atomic E-state index is 12.5. The SMILES string of the molecule is CCS(=O)(=O)N1CCC(c2nnc([C@@H]3CCCCN3C(=O)CCOC)o2)CC1. The Morgan fingerprint density at radius 2 is 1.86 bits per heavy atom. The lowest BCUT2D eigenvalue weighted by molar-refractivity contribution is -0.136. The number of carbonyl (C=O) groups is 1. The van der Waals surface area contributed by atoms with E-state index >= 15 is 0 Å². The lowest BCUT2D eigenvalue weighted by Gasteiger charge is -2.33. The number of nitrogens with zero attached hydrogens (tertiary/aromatic N) is 4. The summed E-state index contributed by atoms with van der Waals surface area (Å²) in [5.74, 6) is 1.27. The molecule has 1 aromatic heterocycles. The molecular formula is C18H30N4O5S. The van der Waals surface area contributed by atoms with Crippen molar-refractivity contribution in [3.63, 3.8) is 0 Å². The van der Waals surface area contributed by atoms with E-state index in [1.54, 1.807) is 14.0 Å². The Balaban J connectivity index is 1.65. The molecule has 2 saturated heterocycles. The van der Waals surface area contributed by atoms with Crippen LogP contribution < -0.4 is 0 Å². The molecule has 0 aromatic carbocycles. The van der Waals surface area contributed by atoms with Crippen LogP contribution in [-0.4, -0.2) is 72.8 Å². The van der Waals surface area contributed by atoms with Crippen molar-refractivity contribution < 1.29 is 22.4 Å². The number of aromatic nitrogens is 2. The molecule has 0 saturated carbocycles. The van der Waals surface area contributed by atoms with Crippen LogP contribution in [0.3, 0.4) is 0 Å². The Hall–Kier alpha value is -1.52. The minimum Gasteiger partial charge on any atom is -0.423 e. The lowest BCUT2D eigenvalue weighted by atomic mass is 9.98. The van der Waals surface area contributed by atoms with Crippen molar-refractivity contribution in [3.8, 4) is 0 Å². The van der Waals surface area contributed by atoms with E-state index in [2.05, 4.69) is 10.2 Å². The molecule has 2 fully saturated rings. The summed E-state index contributed by atoms with van der Waals surface area (Å²) in [5, 5.41) is 8.47. The largest absolute Gasteiger partial charge is 0.423 e. The van der Waals surface area contributed by atoms with Gasteiger partial charge >= 0.3 is 0 Å². The Morgan fingerprint density at radius 3 is 2.54 bits per heavy atom. The second-order valence-corrected chi connectivity index (χ2v) is 9.65. The van der Waals surface area contributed by atoms with E-state index in [0.29, 0.717) is 57.3 Å². The third-order valence-electron chi connectivity index (χ3n) is 5.65. The van der Waals surface area contributed by atoms with Crippen molar-refractivity contribution in [1.29, 1.82) is 0 Å². The highest BCUT2D eigenvalue weighted by Gasteiger charge is 2.34. The van der Waals surface area contributed by atoms with Gasteiger partial charge in [0.25, 0.3) is 0 Å². The van der Waals surface area contributed by atoms with E-state index in [0.717, 1.165) is 19.3 Å². The predicted octanol–water partition coefficient (Wildman–Crippen LogP) is 1.69. The standard InChI is InChI=1S/C18H30N4O5S/c1-3-28(24,25)21-11-7-14(8-12-21)17-19-20-18(27-17)15-6-4-5-10-22(15)16(23)9-13-26-2/h14-15H,3-13H2,1-2H3/t15-/m0/s1. The summed E-state index contributed by atoms with van der Waals surface area (Å²) in [6.45, 7) is 3.71. The quantitative estimate of drug-likeness (QED) is 0.668. The predicted molar refractivity (Wildman–Crippen MR) is 102 cm³/mol. The molecular weight excluding hydrogens is 384 g/mol. The Labute approximate surface area is 166 Å². The van der Waals surface area contributed by atoms with E-state index in [9.17, 15) is 13.2 Å². The van der Waals surface area contributed by atoms with Crippen LogP contribution in [0, 0.1) is 0 Å². The summed E-state index contributed by atoms with van der Waals surface area (Å²) in [7, 11) is -1.57. The number of sulfonamides is 1. The maximum absolute atomic E-state index is 12.5. The zero-order valence-corrected chi connectivity index (χ0v) is 17.5. The van der Waals surface area contributed by atoms with Crippen molar-refractivity contribution >= 4 is 15.9 Å². The van der Waals surface area contributed by atoms with Gasteiger partial charge in [-0.15, -0.1) is 10.2 Å². The molecule has 1 amide bonds. The molecule has 3 heterocycles. The summed E-state index contributed by atoms with van der Waals surface area (Å²) in [4.78, 5) is 14.3. The van der Waals surface area contributed by atoms with Gasteiger partial charge in [-0.1, -0.05) is 0 Å². The normalized spacial score (nSPS) is 22.5. The molecule has 0 bridgehead atoms. The van der Waals surface area contributed by atoms with Gasteiger partial charge in [0.1, 0.15) is 6.04 Å². The smallest absolute Gasteiger partial charge is 0.238 e. The van der Waals surface area contributed by atoms with Gasteiger partial charge in [-0.2, -0.15) is 0 Å². The number of amides is 1. The Bertz CT molecular complexity index is 758. The number of piperidine rings is 2. The molecule has 0 spiro atoms. The van der Waals surface area contributed by atoms with Gasteiger partial charge < -0.3 is 14.1 Å². The fourth-order valence-electron chi connectivity index (χ4n) is 3.93. The summed E-state index contributed by atoms with van der Waals surface area (Å²) in [6, 6.07) is -0.181. The highest BCUT2D eigenvalue weighted by Crippen LogP contribution is 2.34. The van der Waals surface area contributed by atoms with E-state index in [1.165, 1.54) is 4.31 Å². The summed E-state index contributed by atoms with van der Waals surface area (Å²) in [5.41, 5.74) is 0. The average Bonchev–Trinajstić information content (AvgIpc) is 3.22. The second-order valence-electron chi connectivity index (χ2n) is 7.39. The number of hydrogen-bond donors (Lipinski definition) is 0. The molecule has 2 aliphatic heterocycles. The third-order valence-corrected chi connectivity index (χ3v) is 7.53. The van der Waals surface area contributed by atoms with E-state index in [4.69, 9.17) is 9.15 Å². The van der Waals surface area contributed by atoms with Gasteiger partial charge in [0.05, 0.1) is 18.8 Å². The minimum absolute atomic E-state index is 0.0457. The van der Waals surface area contributed by atoms with E-state index < -0.39 is 10.0 Å². The number of carbonyl (C=O) groups excluding carboxylic acids is 1. The first-order valence-corrected chi connectivity index (χ1v) is 11.7. The third kappa shape index (κ3) is 4.72. The first kappa shape index (κ1) is 21.2. The monoisotopic (exact) mass is 414 g/mol. The average molecular weight is 415 g/mol. The van der Waals surface area contributed by atoms with Gasteiger partial charge in [-0.3, -0.25) is 4.79 Å². The summed E-state index contributed by atoms with van der Waals surface area (Å²) < 4.78 is 36.6. The molecule has 0 aliphatic carbocycles. The van der Waals surface area contributed by atoms with Crippen molar-refractivity contribution in [2.24, 2.45) is 0 Å². The van der Waals surface area contributed by atoms with Gasteiger partial charge in [-0.25, -0.2) is 12.7 Å². The zero-order chi connectivity index (χ0) is 20.1. The highest BCUT2D eigenvalue weighted by atomic mass is 32.2. The fourth-order valence-corrected chi connectivity index (χ4v) is 5.06. The van der Waals surface area contributed by atoms with Gasteiger partial charge in [0.2, 0.25) is 27.7 Å². The molecule has 28 heavy (non-hydrogen) atoms. The van der Waals surface area contributed by atoms with Gasteiger partial charge in [0.15, 0.2) is 0 Å². The van der Waals surface area contributed by atoms with Crippen LogP contribution in [0.2, 0.25) is 0 Å². The van der Waals surface area contributed by atoms with Crippen LogP contribution in [-0.2, 0) is 19.6 Å². The van der Waals surface area contributed by atoms with Crippen LogP contribution in [0.15, 0.2) is 4.42 Å². The highest BCUT2D eigenvalue weighted by molar-refractivity contribution is 7.89. The van der Waals surface area contributed by atoms with Crippen LogP contribution >= 0.6 is 0 Å². The molecule has 2 aliphatic rings. The second kappa shape index (κ2) is 9.32. The maximum Gasteiger partial charge on any atom is 0.238 e. The molecule has 0 unspecified atom stereocenters. The number of ether oxygens (including phenoxy) is 1. The molecule has 10 heteroatoms. The lowest BCUT2D eigenvalue weighted by Crippen LogP contribution is -2.39. The number of methoxy groups -OCH3 is 1. The fraction of sp³-hybridized carbons (Fsp3) is 0.833. The Morgan fingerprint density at radius 1 is 1.14 bits per heavy atom. The Kier molecular flexibility index (Phi) is 7.05. The number of likely N-dealkylation sites (tertiary alicyclic amines) is 1. The minimum atomic E-state index is -3.15. The van der Waals surface area contributed by atoms with Crippen LogP contribution in [0.5, 0.6) is 0 Å². The van der Waals surface area contributed by atoms with E-state index in [1.807, 2.05) is 4.90 Å². The number of hydrogen-bond acceptors (Lipinski definition) is 7. The van der Waals surface area contributed by atoms with Gasteiger partial charge in [0, 0.05) is 32.7 Å². The van der Waals surface area contributed by atoms with Crippen LogP contribution in [0.1, 0.15) is 69.2 Å². The van der Waals surface area contributed by atoms with Crippen molar-refractivity contribution in [2.75, 3.05) is 39.1 Å². The molecule has 0 N–H and O–H groups in total. The first-order valence-electron chi connectivity index (χ1n) is 10.1. The van der Waals surface area contributed by atoms with Crippen molar-refractivity contribution in [3.05, 3.63) is 11.8 Å². The van der Waals surface area contributed by atoms with Crippen LogP contribution in [0.25, 0.3) is 0 Å². The van der Waals surface area contributed by atoms with Gasteiger partial charge in [-0.05, 0) is 39.0 Å². The zero-order valence-electron chi connectivity index (χ0n) is 16.7. The van der Waals surface area contributed by atoms with Crippen molar-refractivity contribution in [1.82, 2.24) is 19.4 Å². The van der Waals surface area contributed by atoms with Crippen molar-refractivity contribution in [2.45, 2.75) is 57.4 Å². The molecule has 1 atom stereocenters. The molecule has 9 nitrogen and oxygen atoms in total. The molecule has 3 rings (SSSR count). The van der Waals surface area contributed by atoms with E-state index in [-0.39, 0.29) is 23.6 Å². The number of rotatable bonds is 7. The molecule has 158 valence electrons. The van der Waals surface area contributed by atoms with Crippen LogP contribution in [0.4, 0.5) is 0 Å². The summed E-state index contributed by atoms with van der Waals surface area (Å²) >= 11 is 0. The summed E-state index contributed by atoms with van der Waals surface area (Å²) in [6.07, 6.45) is 4.49. The molecule has 0 radical (unpaired) electrons. The first-order chi connectivity index (χ1) is 13.5. The molecule has 1 aromatic rings.